The standard InChI is InChI=1S/C26H44O4/c1-5-30-23(29)12-9-16(2)18-10-11-19-24-20(15-22(28)26(18,19)4)25(3)13-7-6-8-17(25)14-21(24)27/h16-22,24,27-28H,5-15H2,1-4H3. The number of aliphatic hydroxyl groups is 2. The molecule has 0 bridgehead atoms. The summed E-state index contributed by atoms with van der Waals surface area (Å²) < 4.78 is 5.13. The molecule has 4 aliphatic carbocycles. The van der Waals surface area contributed by atoms with E-state index in [1.165, 1.54) is 25.7 Å². The summed E-state index contributed by atoms with van der Waals surface area (Å²) in [5, 5.41) is 22.9. The second kappa shape index (κ2) is 8.39. The van der Waals surface area contributed by atoms with Crippen molar-refractivity contribution in [1.82, 2.24) is 0 Å². The maximum absolute atomic E-state index is 11.9. The molecule has 0 aromatic carbocycles. The summed E-state index contributed by atoms with van der Waals surface area (Å²) in [6.45, 7) is 9.33. The van der Waals surface area contributed by atoms with E-state index in [1.807, 2.05) is 6.92 Å². The van der Waals surface area contributed by atoms with Crippen molar-refractivity contribution in [1.29, 1.82) is 0 Å². The summed E-state index contributed by atoms with van der Waals surface area (Å²) in [6.07, 6.45) is 9.94. The van der Waals surface area contributed by atoms with Gasteiger partial charge in [0.05, 0.1) is 18.8 Å². The van der Waals surface area contributed by atoms with Crippen molar-refractivity contribution in [3.8, 4) is 0 Å². The van der Waals surface area contributed by atoms with Gasteiger partial charge in [-0.2, -0.15) is 0 Å². The Bertz CT molecular complexity index is 635. The van der Waals surface area contributed by atoms with Crippen molar-refractivity contribution in [3.05, 3.63) is 0 Å². The molecule has 4 fully saturated rings. The number of hydrogen-bond donors (Lipinski definition) is 2. The molecule has 4 rings (SSSR count). The lowest BCUT2D eigenvalue weighted by Crippen LogP contribution is -2.61. The van der Waals surface area contributed by atoms with Crippen molar-refractivity contribution in [2.45, 2.75) is 104 Å². The Balaban J connectivity index is 1.54. The quantitative estimate of drug-likeness (QED) is 0.617. The van der Waals surface area contributed by atoms with E-state index in [-0.39, 0.29) is 29.0 Å². The van der Waals surface area contributed by atoms with Gasteiger partial charge in [-0.3, -0.25) is 4.79 Å². The Morgan fingerprint density at radius 2 is 1.87 bits per heavy atom. The van der Waals surface area contributed by atoms with Crippen LogP contribution in [0.4, 0.5) is 0 Å². The molecule has 172 valence electrons. The lowest BCUT2D eigenvalue weighted by molar-refractivity contribution is -0.201. The summed E-state index contributed by atoms with van der Waals surface area (Å²) >= 11 is 0. The summed E-state index contributed by atoms with van der Waals surface area (Å²) in [7, 11) is 0. The zero-order valence-corrected chi connectivity index (χ0v) is 19.6. The Hall–Kier alpha value is -0.610. The van der Waals surface area contributed by atoms with Crippen LogP contribution in [-0.2, 0) is 9.53 Å². The number of fused-ring (bicyclic) bond motifs is 5. The lowest BCUT2D eigenvalue weighted by Gasteiger charge is -2.63. The molecule has 10 atom stereocenters. The van der Waals surface area contributed by atoms with Gasteiger partial charge >= 0.3 is 5.97 Å². The second-order valence-corrected chi connectivity index (χ2v) is 11.7. The summed E-state index contributed by atoms with van der Waals surface area (Å²) in [4.78, 5) is 11.9. The first-order valence-corrected chi connectivity index (χ1v) is 12.7. The molecule has 4 aliphatic rings. The highest BCUT2D eigenvalue weighted by Crippen LogP contribution is 2.68. The van der Waals surface area contributed by atoms with Crippen LogP contribution in [-0.4, -0.2) is 35.0 Å². The van der Waals surface area contributed by atoms with Gasteiger partial charge in [0.25, 0.3) is 0 Å². The van der Waals surface area contributed by atoms with E-state index in [0.717, 1.165) is 32.1 Å². The molecule has 0 aliphatic heterocycles. The van der Waals surface area contributed by atoms with Crippen molar-refractivity contribution < 1.29 is 19.7 Å². The van der Waals surface area contributed by atoms with Crippen LogP contribution >= 0.6 is 0 Å². The molecule has 0 heterocycles. The monoisotopic (exact) mass is 420 g/mol. The van der Waals surface area contributed by atoms with Gasteiger partial charge in [-0.15, -0.1) is 0 Å². The van der Waals surface area contributed by atoms with Crippen LogP contribution in [0.5, 0.6) is 0 Å². The lowest BCUT2D eigenvalue weighted by atomic mass is 9.43. The Morgan fingerprint density at radius 3 is 2.60 bits per heavy atom. The Labute approximate surface area is 183 Å². The number of ether oxygens (including phenoxy) is 1. The van der Waals surface area contributed by atoms with Crippen molar-refractivity contribution in [2.75, 3.05) is 6.61 Å². The third-order valence-electron chi connectivity index (χ3n) is 10.6. The minimum absolute atomic E-state index is 0.104. The van der Waals surface area contributed by atoms with E-state index < -0.39 is 0 Å². The average molecular weight is 421 g/mol. The first-order chi connectivity index (χ1) is 14.2. The SMILES string of the molecule is CCOC(=O)CCC(C)C1CCC2C3C(O)CC4CCCCC4(C)C3CC(O)C12C. The third kappa shape index (κ3) is 3.45. The number of aliphatic hydroxyl groups excluding tert-OH is 2. The van der Waals surface area contributed by atoms with Gasteiger partial charge in [0, 0.05) is 6.42 Å². The largest absolute Gasteiger partial charge is 0.466 e. The fourth-order valence-electron chi connectivity index (χ4n) is 8.97. The summed E-state index contributed by atoms with van der Waals surface area (Å²) in [5.74, 6) is 2.50. The molecular formula is C26H44O4. The highest BCUT2D eigenvalue weighted by atomic mass is 16.5. The molecule has 4 saturated carbocycles. The number of rotatable bonds is 5. The van der Waals surface area contributed by atoms with E-state index in [4.69, 9.17) is 4.74 Å². The minimum Gasteiger partial charge on any atom is -0.466 e. The second-order valence-electron chi connectivity index (χ2n) is 11.7. The van der Waals surface area contributed by atoms with E-state index in [1.54, 1.807) is 0 Å². The molecule has 0 aromatic heterocycles. The van der Waals surface area contributed by atoms with Gasteiger partial charge in [0.15, 0.2) is 0 Å². The molecule has 0 spiro atoms. The number of hydrogen-bond acceptors (Lipinski definition) is 4. The van der Waals surface area contributed by atoms with E-state index >= 15 is 0 Å². The van der Waals surface area contributed by atoms with Gasteiger partial charge in [0.2, 0.25) is 0 Å². The van der Waals surface area contributed by atoms with Crippen molar-refractivity contribution in [2.24, 2.45) is 46.3 Å². The topological polar surface area (TPSA) is 66.8 Å². The van der Waals surface area contributed by atoms with E-state index in [9.17, 15) is 15.0 Å². The maximum atomic E-state index is 11.9. The Kier molecular flexibility index (Phi) is 6.31. The average Bonchev–Trinajstić information content (AvgIpc) is 3.06. The van der Waals surface area contributed by atoms with Gasteiger partial charge in [-0.25, -0.2) is 0 Å². The first-order valence-electron chi connectivity index (χ1n) is 12.7. The molecule has 30 heavy (non-hydrogen) atoms. The van der Waals surface area contributed by atoms with Crippen LogP contribution in [0, 0.1) is 46.3 Å². The van der Waals surface area contributed by atoms with Crippen LogP contribution in [0.25, 0.3) is 0 Å². The zero-order valence-electron chi connectivity index (χ0n) is 19.6. The van der Waals surface area contributed by atoms with Crippen LogP contribution in [0.15, 0.2) is 0 Å². The fourth-order valence-corrected chi connectivity index (χ4v) is 8.97. The third-order valence-corrected chi connectivity index (χ3v) is 10.6. The summed E-state index contributed by atoms with van der Waals surface area (Å²) in [6, 6.07) is 0. The molecule has 10 unspecified atom stereocenters. The molecule has 2 N–H and O–H groups in total. The van der Waals surface area contributed by atoms with Gasteiger partial charge in [0.1, 0.15) is 0 Å². The predicted molar refractivity (Wildman–Crippen MR) is 118 cm³/mol. The highest BCUT2D eigenvalue weighted by molar-refractivity contribution is 5.69. The van der Waals surface area contributed by atoms with Gasteiger partial charge in [-0.1, -0.05) is 33.6 Å². The van der Waals surface area contributed by atoms with Crippen molar-refractivity contribution >= 4 is 5.97 Å². The molecule has 4 heteroatoms. The molecular weight excluding hydrogens is 376 g/mol. The van der Waals surface area contributed by atoms with Crippen LogP contribution < -0.4 is 0 Å². The number of carbonyl (C=O) groups excluding carboxylic acids is 1. The van der Waals surface area contributed by atoms with Gasteiger partial charge < -0.3 is 14.9 Å². The fraction of sp³-hybridized carbons (Fsp3) is 0.962. The van der Waals surface area contributed by atoms with E-state index in [2.05, 4.69) is 20.8 Å². The number of esters is 1. The van der Waals surface area contributed by atoms with Gasteiger partial charge in [-0.05, 0) is 98.2 Å². The molecule has 0 aromatic rings. The van der Waals surface area contributed by atoms with Crippen LogP contribution in [0.2, 0.25) is 0 Å². The predicted octanol–water partition coefficient (Wildman–Crippen LogP) is 4.96. The molecule has 4 nitrogen and oxygen atoms in total. The maximum Gasteiger partial charge on any atom is 0.305 e. The molecule has 0 amide bonds. The highest BCUT2D eigenvalue weighted by Gasteiger charge is 2.65. The molecule has 0 radical (unpaired) electrons. The minimum atomic E-state index is -0.300. The Morgan fingerprint density at radius 1 is 1.10 bits per heavy atom. The van der Waals surface area contributed by atoms with Crippen LogP contribution in [0.3, 0.4) is 0 Å². The molecule has 0 saturated heterocycles. The summed E-state index contributed by atoms with van der Waals surface area (Å²) in [5.41, 5.74) is 0.145. The zero-order chi connectivity index (χ0) is 21.7. The van der Waals surface area contributed by atoms with E-state index in [0.29, 0.717) is 48.5 Å². The first kappa shape index (κ1) is 22.6. The smallest absolute Gasteiger partial charge is 0.305 e. The van der Waals surface area contributed by atoms with Crippen molar-refractivity contribution in [3.63, 3.8) is 0 Å². The number of carbonyl (C=O) groups is 1. The normalized spacial score (nSPS) is 48.9. The van der Waals surface area contributed by atoms with Crippen LogP contribution in [0.1, 0.15) is 91.9 Å².